The van der Waals surface area contributed by atoms with Gasteiger partial charge >= 0.3 is 0 Å². The predicted octanol–water partition coefficient (Wildman–Crippen LogP) is 3.53. The van der Waals surface area contributed by atoms with Gasteiger partial charge in [-0.3, -0.25) is 4.79 Å². The first-order valence-electron chi connectivity index (χ1n) is 7.56. The molecule has 1 aromatic rings. The largest absolute Gasteiger partial charge is 0.360 e. The van der Waals surface area contributed by atoms with Gasteiger partial charge in [-0.15, -0.1) is 0 Å². The highest BCUT2D eigenvalue weighted by molar-refractivity contribution is 8.03. The fraction of sp³-hybridized carbons (Fsp3) is 0.353. The smallest absolute Gasteiger partial charge is 0.263 e. The average Bonchev–Trinajstić information content (AvgIpc) is 2.58. The molecule has 2 N–H and O–H groups in total. The van der Waals surface area contributed by atoms with E-state index in [0.717, 1.165) is 48.0 Å². The monoisotopic (exact) mass is 326 g/mol. The van der Waals surface area contributed by atoms with Crippen molar-refractivity contribution in [2.75, 3.05) is 5.32 Å². The maximum atomic E-state index is 12.1. The third-order valence-corrected chi connectivity index (χ3v) is 4.31. The van der Waals surface area contributed by atoms with Crippen molar-refractivity contribution in [3.05, 3.63) is 36.0 Å². The van der Waals surface area contributed by atoms with Crippen molar-refractivity contribution in [2.24, 2.45) is 0 Å². The van der Waals surface area contributed by atoms with Crippen LogP contribution in [0.1, 0.15) is 32.1 Å². The Hall–Kier alpha value is -2.44. The van der Waals surface area contributed by atoms with E-state index in [1.54, 1.807) is 24.3 Å². The first kappa shape index (κ1) is 16.9. The molecule has 2 rings (SSSR count). The Bertz CT molecular complexity index is 649. The lowest BCUT2D eigenvalue weighted by molar-refractivity contribution is -0.118. The molecule has 1 aliphatic carbocycles. The van der Waals surface area contributed by atoms with Crippen LogP contribution in [0.4, 0.5) is 5.69 Å². The summed E-state index contributed by atoms with van der Waals surface area (Å²) in [7, 11) is 0. The molecule has 0 bridgehead atoms. The summed E-state index contributed by atoms with van der Waals surface area (Å²) in [5.41, 5.74) is 0.816. The van der Waals surface area contributed by atoms with Crippen LogP contribution in [0.2, 0.25) is 0 Å². The fourth-order valence-corrected chi connectivity index (χ4v) is 2.86. The third-order valence-electron chi connectivity index (χ3n) is 3.71. The van der Waals surface area contributed by atoms with E-state index in [1.165, 1.54) is 12.6 Å². The Kier molecular flexibility index (Phi) is 6.53. The highest BCUT2D eigenvalue weighted by Crippen LogP contribution is 2.19. The van der Waals surface area contributed by atoms with Crippen molar-refractivity contribution in [2.45, 2.75) is 43.0 Å². The van der Waals surface area contributed by atoms with Gasteiger partial charge in [0.2, 0.25) is 0 Å². The van der Waals surface area contributed by atoms with Crippen molar-refractivity contribution < 1.29 is 4.79 Å². The second-order valence-electron chi connectivity index (χ2n) is 5.34. The van der Waals surface area contributed by atoms with E-state index in [-0.39, 0.29) is 17.5 Å². The molecule has 0 aliphatic heterocycles. The molecule has 1 fully saturated rings. The van der Waals surface area contributed by atoms with Gasteiger partial charge in [0.15, 0.2) is 0 Å². The molecule has 1 saturated carbocycles. The van der Waals surface area contributed by atoms with Crippen molar-refractivity contribution in [3.8, 4) is 11.5 Å². The molecule has 1 aromatic carbocycles. The lowest BCUT2D eigenvalue weighted by atomic mass is 9.95. The van der Waals surface area contributed by atoms with Gasteiger partial charge < -0.3 is 10.6 Å². The number of nitriles is 2. The fourth-order valence-electron chi connectivity index (χ4n) is 2.49. The van der Waals surface area contributed by atoms with E-state index in [2.05, 4.69) is 10.6 Å². The number of hydrogen-bond donors (Lipinski definition) is 2. The molecule has 0 radical (unpaired) electrons. The number of anilines is 1. The molecule has 0 atom stereocenters. The van der Waals surface area contributed by atoms with Crippen LogP contribution in [0, 0.1) is 22.0 Å². The second-order valence-corrected chi connectivity index (χ2v) is 6.20. The van der Waals surface area contributed by atoms with Gasteiger partial charge in [0, 0.05) is 22.8 Å². The van der Waals surface area contributed by atoms with E-state index < -0.39 is 0 Å². The molecule has 1 aliphatic rings. The topological polar surface area (TPSA) is 88.7 Å². The highest BCUT2D eigenvalue weighted by atomic mass is 32.2. The molecule has 5 nitrogen and oxygen atoms in total. The molecule has 6 heteroatoms. The third kappa shape index (κ3) is 5.36. The maximum Gasteiger partial charge on any atom is 0.263 e. The molecule has 0 heterocycles. The van der Waals surface area contributed by atoms with Crippen LogP contribution >= 0.6 is 11.8 Å². The highest BCUT2D eigenvalue weighted by Gasteiger charge is 2.17. The van der Waals surface area contributed by atoms with E-state index in [1.807, 2.05) is 11.5 Å². The van der Waals surface area contributed by atoms with Gasteiger partial charge in [0.25, 0.3) is 5.91 Å². The van der Waals surface area contributed by atoms with Crippen molar-refractivity contribution in [3.63, 3.8) is 0 Å². The minimum atomic E-state index is -0.330. The number of carbonyl (C=O) groups excluding carboxylic acids is 1. The van der Waals surface area contributed by atoms with Crippen LogP contribution in [0.25, 0.3) is 0 Å². The Labute approximate surface area is 140 Å². The molecule has 118 valence electrons. The molecule has 0 aromatic heterocycles. The van der Waals surface area contributed by atoms with Crippen LogP contribution in [0.5, 0.6) is 0 Å². The zero-order chi connectivity index (χ0) is 16.5. The molecule has 1 amide bonds. The van der Waals surface area contributed by atoms with Crippen LogP contribution < -0.4 is 10.6 Å². The number of nitrogens with one attached hydrogen (secondary N) is 2. The number of nitrogens with zero attached hydrogens (tertiary/aromatic N) is 2. The lowest BCUT2D eigenvalue weighted by Crippen LogP contribution is -2.37. The first-order valence-corrected chi connectivity index (χ1v) is 8.38. The van der Waals surface area contributed by atoms with Gasteiger partial charge in [-0.2, -0.15) is 10.5 Å². The summed E-state index contributed by atoms with van der Waals surface area (Å²) in [5.74, 6) is -0.330. The van der Waals surface area contributed by atoms with Gasteiger partial charge in [-0.1, -0.05) is 19.3 Å². The summed E-state index contributed by atoms with van der Waals surface area (Å²) in [5, 5.41) is 25.6. The summed E-state index contributed by atoms with van der Waals surface area (Å²) in [6.07, 6.45) is 6.86. The summed E-state index contributed by atoms with van der Waals surface area (Å²) in [6, 6.07) is 9.31. The first-order chi connectivity index (χ1) is 11.2. The SMILES string of the molecule is N#CSc1ccc(N/C=C(/C#N)C(=O)NC2CCCCC2)cc1. The van der Waals surface area contributed by atoms with Gasteiger partial charge in [0.05, 0.1) is 0 Å². The van der Waals surface area contributed by atoms with Crippen molar-refractivity contribution >= 4 is 23.4 Å². The Morgan fingerprint density at radius 1 is 1.17 bits per heavy atom. The molecular weight excluding hydrogens is 308 g/mol. The van der Waals surface area contributed by atoms with Crippen LogP contribution in [0.3, 0.4) is 0 Å². The molecule has 0 unspecified atom stereocenters. The number of benzene rings is 1. The van der Waals surface area contributed by atoms with E-state index in [4.69, 9.17) is 10.5 Å². The number of rotatable bonds is 5. The zero-order valence-electron chi connectivity index (χ0n) is 12.7. The van der Waals surface area contributed by atoms with Crippen molar-refractivity contribution in [1.82, 2.24) is 5.32 Å². The lowest BCUT2D eigenvalue weighted by Gasteiger charge is -2.22. The number of hydrogen-bond acceptors (Lipinski definition) is 5. The Morgan fingerprint density at radius 2 is 1.87 bits per heavy atom. The van der Waals surface area contributed by atoms with Crippen LogP contribution in [0.15, 0.2) is 40.9 Å². The zero-order valence-corrected chi connectivity index (χ0v) is 13.5. The standard InChI is InChI=1S/C17H18N4OS/c18-10-13(17(22)21-15-4-2-1-3-5-15)11-20-14-6-8-16(9-7-14)23-12-19/h6-9,11,15,20H,1-5H2,(H,21,22)/b13-11-. The van der Waals surface area contributed by atoms with E-state index in [0.29, 0.717) is 0 Å². The van der Waals surface area contributed by atoms with Crippen molar-refractivity contribution in [1.29, 1.82) is 10.5 Å². The molecular formula is C17H18N4OS. The second kappa shape index (κ2) is 8.87. The maximum absolute atomic E-state index is 12.1. The minimum absolute atomic E-state index is 0.0612. The van der Waals surface area contributed by atoms with Gasteiger partial charge in [-0.25, -0.2) is 0 Å². The number of thioether (sulfide) groups is 1. The number of carbonyl (C=O) groups is 1. The number of amides is 1. The summed E-state index contributed by atoms with van der Waals surface area (Å²) in [6.45, 7) is 0. The number of thiocyanates is 1. The summed E-state index contributed by atoms with van der Waals surface area (Å²) < 4.78 is 0. The Balaban J connectivity index is 1.93. The average molecular weight is 326 g/mol. The normalized spacial score (nSPS) is 15.3. The predicted molar refractivity (Wildman–Crippen MR) is 90.2 cm³/mol. The van der Waals surface area contributed by atoms with Crippen LogP contribution in [-0.2, 0) is 4.79 Å². The summed E-state index contributed by atoms with van der Waals surface area (Å²) >= 11 is 1.08. The van der Waals surface area contributed by atoms with Crippen LogP contribution in [-0.4, -0.2) is 11.9 Å². The molecule has 23 heavy (non-hydrogen) atoms. The van der Waals surface area contributed by atoms with E-state index >= 15 is 0 Å². The van der Waals surface area contributed by atoms with Gasteiger partial charge in [0.1, 0.15) is 17.0 Å². The quantitative estimate of drug-likeness (QED) is 0.374. The van der Waals surface area contributed by atoms with E-state index in [9.17, 15) is 4.79 Å². The molecule has 0 spiro atoms. The Morgan fingerprint density at radius 3 is 2.48 bits per heavy atom. The summed E-state index contributed by atoms with van der Waals surface area (Å²) in [4.78, 5) is 13.0. The minimum Gasteiger partial charge on any atom is -0.360 e. The molecule has 0 saturated heterocycles. The van der Waals surface area contributed by atoms with Gasteiger partial charge in [-0.05, 0) is 48.9 Å².